The van der Waals surface area contributed by atoms with Gasteiger partial charge in [-0.05, 0) is 41.5 Å². The number of hydrogen-bond acceptors (Lipinski definition) is 7. The lowest BCUT2D eigenvalue weighted by molar-refractivity contribution is -0.140. The van der Waals surface area contributed by atoms with Crippen LogP contribution in [0.3, 0.4) is 0 Å². The minimum Gasteiger partial charge on any atom is -0.507 e. The van der Waals surface area contributed by atoms with Crippen LogP contribution in [-0.4, -0.2) is 49.1 Å². The van der Waals surface area contributed by atoms with Gasteiger partial charge in [0.15, 0.2) is 23.0 Å². The number of benzene rings is 3. The van der Waals surface area contributed by atoms with E-state index in [2.05, 4.69) is 0 Å². The number of fused-ring (bicyclic) bond motifs is 1. The van der Waals surface area contributed by atoms with Crippen LogP contribution in [0.4, 0.5) is 0 Å². The van der Waals surface area contributed by atoms with Gasteiger partial charge < -0.3 is 29.0 Å². The lowest BCUT2D eigenvalue weighted by atomic mass is 9.94. The summed E-state index contributed by atoms with van der Waals surface area (Å²) in [4.78, 5) is 28.1. The van der Waals surface area contributed by atoms with Crippen molar-refractivity contribution >= 4 is 17.4 Å². The lowest BCUT2D eigenvalue weighted by Crippen LogP contribution is -2.29. The van der Waals surface area contributed by atoms with Crippen LogP contribution in [0.15, 0.2) is 72.3 Å². The number of amides is 1. The van der Waals surface area contributed by atoms with E-state index >= 15 is 0 Å². The number of nitrogens with zero attached hydrogens (tertiary/aromatic N) is 1. The van der Waals surface area contributed by atoms with Gasteiger partial charge in [0.25, 0.3) is 11.7 Å². The Hall–Kier alpha value is -4.46. The highest BCUT2D eigenvalue weighted by Crippen LogP contribution is 2.43. The molecule has 1 N–H and O–H groups in total. The van der Waals surface area contributed by atoms with Crippen molar-refractivity contribution < 1.29 is 33.6 Å². The van der Waals surface area contributed by atoms with Crippen LogP contribution in [0.2, 0.25) is 0 Å². The van der Waals surface area contributed by atoms with Gasteiger partial charge in [0.05, 0.1) is 25.8 Å². The number of ether oxygens (including phenoxy) is 4. The number of hydrogen-bond donors (Lipinski definition) is 1. The first-order valence-electron chi connectivity index (χ1n) is 11.5. The zero-order valence-electron chi connectivity index (χ0n) is 19.9. The van der Waals surface area contributed by atoms with Crippen molar-refractivity contribution in [3.63, 3.8) is 0 Å². The summed E-state index contributed by atoms with van der Waals surface area (Å²) in [5.74, 6) is 0.217. The van der Waals surface area contributed by atoms with E-state index in [0.717, 1.165) is 5.56 Å². The van der Waals surface area contributed by atoms with E-state index in [9.17, 15) is 14.7 Å². The zero-order valence-corrected chi connectivity index (χ0v) is 19.9. The first-order valence-corrected chi connectivity index (χ1v) is 11.5. The minimum atomic E-state index is -0.849. The topological polar surface area (TPSA) is 94.5 Å². The van der Waals surface area contributed by atoms with Crippen molar-refractivity contribution in [1.82, 2.24) is 4.90 Å². The fourth-order valence-corrected chi connectivity index (χ4v) is 4.54. The predicted molar refractivity (Wildman–Crippen MR) is 131 cm³/mol. The molecule has 5 rings (SSSR count). The molecule has 36 heavy (non-hydrogen) atoms. The third kappa shape index (κ3) is 4.11. The number of methoxy groups -OCH3 is 2. The number of carbonyl (C=O) groups is 2. The molecule has 0 saturated carbocycles. The highest BCUT2D eigenvalue weighted by Gasteiger charge is 2.46. The second-order valence-electron chi connectivity index (χ2n) is 8.39. The maximum absolute atomic E-state index is 13.3. The van der Waals surface area contributed by atoms with Gasteiger partial charge in [-0.1, -0.05) is 36.4 Å². The van der Waals surface area contributed by atoms with Gasteiger partial charge in [-0.3, -0.25) is 9.59 Å². The van der Waals surface area contributed by atoms with E-state index in [0.29, 0.717) is 47.3 Å². The van der Waals surface area contributed by atoms with E-state index in [-0.39, 0.29) is 17.9 Å². The highest BCUT2D eigenvalue weighted by molar-refractivity contribution is 6.46. The highest BCUT2D eigenvalue weighted by atomic mass is 16.6. The molecule has 2 heterocycles. The molecular weight excluding hydrogens is 462 g/mol. The Labute approximate surface area is 208 Å². The van der Waals surface area contributed by atoms with Crippen LogP contribution >= 0.6 is 0 Å². The Kier molecular flexibility index (Phi) is 6.25. The monoisotopic (exact) mass is 487 g/mol. The summed E-state index contributed by atoms with van der Waals surface area (Å²) < 4.78 is 22.0. The summed E-state index contributed by atoms with van der Waals surface area (Å²) >= 11 is 0. The molecule has 1 saturated heterocycles. The molecule has 1 atom stereocenters. The molecule has 3 aromatic carbocycles. The number of aliphatic hydroxyl groups is 1. The van der Waals surface area contributed by atoms with Crippen molar-refractivity contribution in [3.05, 3.63) is 89.0 Å². The van der Waals surface area contributed by atoms with Crippen molar-refractivity contribution in [2.24, 2.45) is 0 Å². The van der Waals surface area contributed by atoms with E-state index in [1.165, 1.54) is 19.1 Å². The average molecular weight is 488 g/mol. The molecule has 0 bridgehead atoms. The van der Waals surface area contributed by atoms with Crippen LogP contribution in [-0.2, 0) is 16.1 Å². The number of carbonyl (C=O) groups excluding carboxylic acids is 2. The second kappa shape index (κ2) is 9.65. The smallest absolute Gasteiger partial charge is 0.295 e. The quantitative estimate of drug-likeness (QED) is 0.318. The predicted octanol–water partition coefficient (Wildman–Crippen LogP) is 4.10. The number of likely N-dealkylation sites (tertiary alicyclic amines) is 1. The van der Waals surface area contributed by atoms with Gasteiger partial charge in [-0.25, -0.2) is 0 Å². The van der Waals surface area contributed by atoms with E-state index in [4.69, 9.17) is 18.9 Å². The van der Waals surface area contributed by atoms with Crippen LogP contribution in [0.5, 0.6) is 23.0 Å². The van der Waals surface area contributed by atoms with E-state index < -0.39 is 17.7 Å². The molecule has 3 aromatic rings. The van der Waals surface area contributed by atoms with Crippen molar-refractivity contribution in [3.8, 4) is 23.0 Å². The molecule has 0 aliphatic carbocycles. The van der Waals surface area contributed by atoms with Crippen molar-refractivity contribution in [2.75, 3.05) is 27.4 Å². The van der Waals surface area contributed by atoms with Crippen LogP contribution < -0.4 is 18.9 Å². The van der Waals surface area contributed by atoms with Gasteiger partial charge in [0.1, 0.15) is 19.0 Å². The molecule has 8 nitrogen and oxygen atoms in total. The fraction of sp³-hybridized carbons (Fsp3) is 0.214. The molecule has 8 heteroatoms. The molecule has 1 unspecified atom stereocenters. The molecule has 1 fully saturated rings. The van der Waals surface area contributed by atoms with E-state index in [1.807, 2.05) is 30.3 Å². The summed E-state index contributed by atoms with van der Waals surface area (Å²) in [5, 5.41) is 11.4. The number of aliphatic hydroxyl groups excluding tert-OH is 1. The van der Waals surface area contributed by atoms with Gasteiger partial charge >= 0.3 is 0 Å². The third-order valence-corrected chi connectivity index (χ3v) is 6.27. The van der Waals surface area contributed by atoms with Gasteiger partial charge in [0, 0.05) is 12.1 Å². The Balaban J connectivity index is 1.65. The molecule has 1 amide bonds. The first-order chi connectivity index (χ1) is 17.5. The first kappa shape index (κ1) is 23.3. The Bertz CT molecular complexity index is 1350. The number of Topliss-reactive ketones (excluding diaryl/α,β-unsaturated/α-hetero) is 1. The molecule has 0 spiro atoms. The summed E-state index contributed by atoms with van der Waals surface area (Å²) in [5.41, 5.74) is 1.79. The van der Waals surface area contributed by atoms with Gasteiger partial charge in [-0.15, -0.1) is 0 Å². The number of rotatable bonds is 6. The summed E-state index contributed by atoms with van der Waals surface area (Å²) in [6.45, 7) is 0.995. The van der Waals surface area contributed by atoms with Gasteiger partial charge in [-0.2, -0.15) is 0 Å². The van der Waals surface area contributed by atoms with Gasteiger partial charge in [0.2, 0.25) is 0 Å². The SMILES string of the molecule is COc1ccc(C2/C(=C(\O)c3ccc4c(c3)OCCO4)C(=O)C(=O)N2Cc2ccccc2)cc1OC. The summed E-state index contributed by atoms with van der Waals surface area (Å²) in [7, 11) is 3.04. The second-order valence-corrected chi connectivity index (χ2v) is 8.39. The van der Waals surface area contributed by atoms with E-state index in [1.54, 1.807) is 36.4 Å². The lowest BCUT2D eigenvalue weighted by Gasteiger charge is -2.26. The standard InChI is InChI=1S/C28H25NO7/c1-33-20-10-8-18(14-22(20)34-2)25-24(26(30)19-9-11-21-23(15-19)36-13-12-35-21)27(31)28(32)29(25)16-17-6-4-3-5-7-17/h3-11,14-15,25,30H,12-13,16H2,1-2H3/b26-24+. The van der Waals surface area contributed by atoms with Crippen molar-refractivity contribution in [1.29, 1.82) is 0 Å². The summed E-state index contributed by atoms with van der Waals surface area (Å²) in [6, 6.07) is 18.6. The number of ketones is 1. The Morgan fingerprint density at radius 1 is 0.917 bits per heavy atom. The molecule has 184 valence electrons. The zero-order chi connectivity index (χ0) is 25.2. The Morgan fingerprint density at radius 3 is 2.36 bits per heavy atom. The summed E-state index contributed by atoms with van der Waals surface area (Å²) in [6.07, 6.45) is 0. The molecule has 0 aromatic heterocycles. The maximum atomic E-state index is 13.3. The fourth-order valence-electron chi connectivity index (χ4n) is 4.54. The van der Waals surface area contributed by atoms with Crippen LogP contribution in [0, 0.1) is 0 Å². The molecule has 0 radical (unpaired) electrons. The molecular formula is C28H25NO7. The largest absolute Gasteiger partial charge is 0.507 e. The van der Waals surface area contributed by atoms with Crippen molar-refractivity contribution in [2.45, 2.75) is 12.6 Å². The van der Waals surface area contributed by atoms with Crippen LogP contribution in [0.1, 0.15) is 22.7 Å². The molecule has 2 aliphatic rings. The molecule has 2 aliphatic heterocycles. The maximum Gasteiger partial charge on any atom is 0.295 e. The minimum absolute atomic E-state index is 0.0140. The Morgan fingerprint density at radius 2 is 1.64 bits per heavy atom. The average Bonchev–Trinajstić information content (AvgIpc) is 3.17. The third-order valence-electron chi connectivity index (χ3n) is 6.27. The normalized spacial score (nSPS) is 18.3. The van der Waals surface area contributed by atoms with Crippen LogP contribution in [0.25, 0.3) is 5.76 Å².